The fourth-order valence-electron chi connectivity index (χ4n) is 2.08. The molecule has 0 fully saturated rings. The first-order chi connectivity index (χ1) is 7.92. The summed E-state index contributed by atoms with van der Waals surface area (Å²) < 4.78 is 10.8. The summed E-state index contributed by atoms with van der Waals surface area (Å²) in [4.78, 5) is 0. The van der Waals surface area contributed by atoms with E-state index in [0.29, 0.717) is 0 Å². The van der Waals surface area contributed by atoms with Crippen molar-refractivity contribution in [3.05, 3.63) is 23.3 Å². The SMILES string of the molecule is CCc1c(CC(C)(C)N)ccc(OC)c1OC. The Labute approximate surface area is 104 Å². The van der Waals surface area contributed by atoms with Crippen LogP contribution >= 0.6 is 0 Å². The van der Waals surface area contributed by atoms with Gasteiger partial charge in [-0.1, -0.05) is 13.0 Å². The average Bonchev–Trinajstić information content (AvgIpc) is 2.26. The molecule has 0 aliphatic carbocycles. The monoisotopic (exact) mass is 237 g/mol. The summed E-state index contributed by atoms with van der Waals surface area (Å²) in [6, 6.07) is 4.02. The van der Waals surface area contributed by atoms with Crippen LogP contribution < -0.4 is 15.2 Å². The molecule has 0 aliphatic heterocycles. The van der Waals surface area contributed by atoms with Crippen molar-refractivity contribution in [2.75, 3.05) is 14.2 Å². The van der Waals surface area contributed by atoms with Crippen LogP contribution in [0.15, 0.2) is 12.1 Å². The Morgan fingerprint density at radius 1 is 1.18 bits per heavy atom. The summed E-state index contributed by atoms with van der Waals surface area (Å²) in [5.74, 6) is 1.61. The van der Waals surface area contributed by atoms with Gasteiger partial charge in [0.2, 0.25) is 0 Å². The number of rotatable bonds is 5. The smallest absolute Gasteiger partial charge is 0.164 e. The molecule has 0 aliphatic rings. The molecular formula is C14H23NO2. The van der Waals surface area contributed by atoms with E-state index in [9.17, 15) is 0 Å². The third-order valence-corrected chi connectivity index (χ3v) is 2.75. The standard InChI is InChI=1S/C14H23NO2/c1-6-11-10(9-14(2,3)15)7-8-12(16-4)13(11)17-5/h7-8H,6,9,15H2,1-5H3. The quantitative estimate of drug-likeness (QED) is 0.856. The van der Waals surface area contributed by atoms with Gasteiger partial charge in [0, 0.05) is 11.1 Å². The first kappa shape index (κ1) is 13.8. The summed E-state index contributed by atoms with van der Waals surface area (Å²) in [5, 5.41) is 0. The zero-order chi connectivity index (χ0) is 13.1. The first-order valence-electron chi connectivity index (χ1n) is 5.94. The van der Waals surface area contributed by atoms with Crippen LogP contribution in [0.4, 0.5) is 0 Å². The second-order valence-electron chi connectivity index (χ2n) is 4.96. The zero-order valence-corrected chi connectivity index (χ0v) is 11.5. The van der Waals surface area contributed by atoms with Gasteiger partial charge in [0.05, 0.1) is 14.2 Å². The zero-order valence-electron chi connectivity index (χ0n) is 11.5. The van der Waals surface area contributed by atoms with E-state index in [1.54, 1.807) is 14.2 Å². The van der Waals surface area contributed by atoms with Crippen LogP contribution in [0.5, 0.6) is 11.5 Å². The summed E-state index contributed by atoms with van der Waals surface area (Å²) in [5.41, 5.74) is 8.28. The summed E-state index contributed by atoms with van der Waals surface area (Å²) in [7, 11) is 3.33. The molecule has 0 bridgehead atoms. The molecule has 1 aromatic carbocycles. The van der Waals surface area contributed by atoms with Gasteiger partial charge in [-0.3, -0.25) is 0 Å². The van der Waals surface area contributed by atoms with E-state index < -0.39 is 0 Å². The summed E-state index contributed by atoms with van der Waals surface area (Å²) in [6.45, 7) is 6.18. The Hall–Kier alpha value is -1.22. The van der Waals surface area contributed by atoms with Gasteiger partial charge in [0.1, 0.15) is 0 Å². The van der Waals surface area contributed by atoms with Gasteiger partial charge in [0.25, 0.3) is 0 Å². The Morgan fingerprint density at radius 2 is 1.82 bits per heavy atom. The lowest BCUT2D eigenvalue weighted by Gasteiger charge is -2.22. The van der Waals surface area contributed by atoms with Crippen LogP contribution in [0, 0.1) is 0 Å². The van der Waals surface area contributed by atoms with Crippen LogP contribution in [0.3, 0.4) is 0 Å². The Bertz CT molecular complexity index is 381. The molecule has 0 spiro atoms. The third kappa shape index (κ3) is 3.37. The van der Waals surface area contributed by atoms with Gasteiger partial charge in [-0.25, -0.2) is 0 Å². The lowest BCUT2D eigenvalue weighted by Crippen LogP contribution is -2.34. The predicted molar refractivity (Wildman–Crippen MR) is 70.9 cm³/mol. The molecular weight excluding hydrogens is 214 g/mol. The Balaban J connectivity index is 3.23. The maximum atomic E-state index is 6.08. The average molecular weight is 237 g/mol. The highest BCUT2D eigenvalue weighted by molar-refractivity contribution is 5.51. The predicted octanol–water partition coefficient (Wildman–Crippen LogP) is 2.55. The maximum Gasteiger partial charge on any atom is 0.164 e. The molecule has 3 heteroatoms. The molecule has 2 N–H and O–H groups in total. The lowest BCUT2D eigenvalue weighted by molar-refractivity contribution is 0.350. The normalized spacial score (nSPS) is 11.4. The van der Waals surface area contributed by atoms with E-state index in [2.05, 4.69) is 13.0 Å². The molecule has 0 amide bonds. The number of ether oxygens (including phenoxy) is 2. The number of hydrogen-bond acceptors (Lipinski definition) is 3. The molecule has 0 heterocycles. The van der Waals surface area contributed by atoms with Gasteiger partial charge in [-0.15, -0.1) is 0 Å². The molecule has 0 unspecified atom stereocenters. The van der Waals surface area contributed by atoms with E-state index in [4.69, 9.17) is 15.2 Å². The van der Waals surface area contributed by atoms with Crippen molar-refractivity contribution in [2.24, 2.45) is 5.73 Å². The minimum absolute atomic E-state index is 0.219. The number of benzene rings is 1. The second-order valence-corrected chi connectivity index (χ2v) is 4.96. The van der Waals surface area contributed by atoms with Crippen molar-refractivity contribution in [1.82, 2.24) is 0 Å². The second kappa shape index (κ2) is 5.41. The van der Waals surface area contributed by atoms with E-state index in [1.165, 1.54) is 11.1 Å². The van der Waals surface area contributed by atoms with Gasteiger partial charge < -0.3 is 15.2 Å². The largest absolute Gasteiger partial charge is 0.493 e. The third-order valence-electron chi connectivity index (χ3n) is 2.75. The van der Waals surface area contributed by atoms with Crippen LogP contribution in [-0.2, 0) is 12.8 Å². The fraction of sp³-hybridized carbons (Fsp3) is 0.571. The molecule has 0 atom stereocenters. The first-order valence-corrected chi connectivity index (χ1v) is 5.94. The van der Waals surface area contributed by atoms with Gasteiger partial charge in [-0.05, 0) is 38.3 Å². The van der Waals surface area contributed by atoms with E-state index >= 15 is 0 Å². The lowest BCUT2D eigenvalue weighted by atomic mass is 9.91. The minimum Gasteiger partial charge on any atom is -0.493 e. The van der Waals surface area contributed by atoms with Crippen LogP contribution in [0.25, 0.3) is 0 Å². The van der Waals surface area contributed by atoms with Crippen molar-refractivity contribution in [1.29, 1.82) is 0 Å². The van der Waals surface area contributed by atoms with E-state index in [-0.39, 0.29) is 5.54 Å². The topological polar surface area (TPSA) is 44.5 Å². The molecule has 17 heavy (non-hydrogen) atoms. The van der Waals surface area contributed by atoms with Crippen molar-refractivity contribution in [3.8, 4) is 11.5 Å². The van der Waals surface area contributed by atoms with Crippen molar-refractivity contribution in [2.45, 2.75) is 39.2 Å². The van der Waals surface area contributed by atoms with Gasteiger partial charge in [-0.2, -0.15) is 0 Å². The molecule has 0 radical (unpaired) electrons. The molecule has 0 aromatic heterocycles. The van der Waals surface area contributed by atoms with Gasteiger partial charge >= 0.3 is 0 Å². The number of methoxy groups -OCH3 is 2. The van der Waals surface area contributed by atoms with Gasteiger partial charge in [0.15, 0.2) is 11.5 Å². The van der Waals surface area contributed by atoms with E-state index in [1.807, 2.05) is 19.9 Å². The summed E-state index contributed by atoms with van der Waals surface area (Å²) in [6.07, 6.45) is 1.74. The van der Waals surface area contributed by atoms with Crippen LogP contribution in [0.1, 0.15) is 31.9 Å². The molecule has 0 saturated carbocycles. The van der Waals surface area contributed by atoms with Crippen molar-refractivity contribution in [3.63, 3.8) is 0 Å². The van der Waals surface area contributed by atoms with Crippen LogP contribution in [-0.4, -0.2) is 19.8 Å². The molecule has 1 rings (SSSR count). The molecule has 3 nitrogen and oxygen atoms in total. The van der Waals surface area contributed by atoms with Crippen molar-refractivity contribution >= 4 is 0 Å². The Kier molecular flexibility index (Phi) is 4.40. The minimum atomic E-state index is -0.219. The highest BCUT2D eigenvalue weighted by atomic mass is 16.5. The molecule has 96 valence electrons. The summed E-state index contributed by atoms with van der Waals surface area (Å²) >= 11 is 0. The number of nitrogens with two attached hydrogens (primary N) is 1. The maximum absolute atomic E-state index is 6.08. The molecule has 0 saturated heterocycles. The Morgan fingerprint density at radius 3 is 2.24 bits per heavy atom. The number of hydrogen-bond donors (Lipinski definition) is 1. The molecule has 1 aromatic rings. The van der Waals surface area contributed by atoms with E-state index in [0.717, 1.165) is 24.3 Å². The van der Waals surface area contributed by atoms with Crippen molar-refractivity contribution < 1.29 is 9.47 Å². The highest BCUT2D eigenvalue weighted by Gasteiger charge is 2.18. The van der Waals surface area contributed by atoms with Crippen LogP contribution in [0.2, 0.25) is 0 Å². The highest BCUT2D eigenvalue weighted by Crippen LogP contribution is 2.34. The fourth-order valence-corrected chi connectivity index (χ4v) is 2.08.